The van der Waals surface area contributed by atoms with Gasteiger partial charge in [0.05, 0.1) is 0 Å². The van der Waals surface area contributed by atoms with E-state index in [1.165, 1.54) is 0 Å². The Morgan fingerprint density at radius 2 is 1.19 bits per heavy atom. The average molecular weight is 231 g/mol. The Bertz CT molecular complexity index is 139. The number of aliphatic hydroxyl groups is 1. The molecule has 0 aliphatic heterocycles. The van der Waals surface area contributed by atoms with Crippen molar-refractivity contribution >= 4 is 0 Å². The van der Waals surface area contributed by atoms with Crippen molar-refractivity contribution in [3.8, 4) is 0 Å². The predicted molar refractivity (Wildman–Crippen MR) is 69.9 cm³/mol. The van der Waals surface area contributed by atoms with Gasteiger partial charge in [0.15, 0.2) is 0 Å². The van der Waals surface area contributed by atoms with Crippen molar-refractivity contribution in [1.29, 1.82) is 0 Å². The molecule has 0 rings (SSSR count). The summed E-state index contributed by atoms with van der Waals surface area (Å²) < 4.78 is 0. The first-order chi connectivity index (χ1) is 7.56. The van der Waals surface area contributed by atoms with Gasteiger partial charge >= 0.3 is 0 Å². The lowest BCUT2D eigenvalue weighted by Crippen LogP contribution is -2.37. The highest BCUT2D eigenvalue weighted by Gasteiger charge is 2.05. The minimum atomic E-state index is 0.315. The fourth-order valence-electron chi connectivity index (χ4n) is 1.47. The number of aliphatic hydroxyl groups excluding tert-OH is 1. The minimum absolute atomic E-state index is 0.315. The molecule has 0 heterocycles. The zero-order valence-corrected chi connectivity index (χ0v) is 11.4. The van der Waals surface area contributed by atoms with Crippen molar-refractivity contribution in [2.24, 2.45) is 0 Å². The number of nitrogens with zero attached hydrogens (tertiary/aromatic N) is 3. The van der Waals surface area contributed by atoms with Crippen LogP contribution in [0.2, 0.25) is 0 Å². The van der Waals surface area contributed by atoms with E-state index in [1.807, 2.05) is 0 Å². The Balaban J connectivity index is 3.76. The third kappa shape index (κ3) is 10.4. The first kappa shape index (κ1) is 15.8. The van der Waals surface area contributed by atoms with E-state index in [1.54, 1.807) is 0 Å². The summed E-state index contributed by atoms with van der Waals surface area (Å²) in [6.45, 7) is 5.86. The third-order valence-corrected chi connectivity index (χ3v) is 2.61. The first-order valence-electron chi connectivity index (χ1n) is 6.19. The summed E-state index contributed by atoms with van der Waals surface area (Å²) in [5.41, 5.74) is 0. The topological polar surface area (TPSA) is 30.0 Å². The van der Waals surface area contributed by atoms with Gasteiger partial charge in [0.1, 0.15) is 0 Å². The summed E-state index contributed by atoms with van der Waals surface area (Å²) in [4.78, 5) is 6.92. The average Bonchev–Trinajstić information content (AvgIpc) is 2.21. The largest absolute Gasteiger partial charge is 0.396 e. The lowest BCUT2D eigenvalue weighted by Gasteiger charge is -2.25. The molecule has 0 aromatic rings. The van der Waals surface area contributed by atoms with Crippen molar-refractivity contribution in [3.05, 3.63) is 0 Å². The van der Waals surface area contributed by atoms with Crippen LogP contribution in [0, 0.1) is 0 Å². The molecule has 0 spiro atoms. The summed E-state index contributed by atoms with van der Waals surface area (Å²) in [5, 5.41) is 8.78. The zero-order chi connectivity index (χ0) is 12.4. The number of rotatable bonds is 10. The number of likely N-dealkylation sites (N-methyl/N-ethyl adjacent to an activating group) is 2. The maximum absolute atomic E-state index is 8.78. The van der Waals surface area contributed by atoms with E-state index >= 15 is 0 Å². The summed E-state index contributed by atoms with van der Waals surface area (Å²) >= 11 is 0. The molecule has 0 atom stereocenters. The lowest BCUT2D eigenvalue weighted by molar-refractivity contribution is 0.206. The fourth-order valence-corrected chi connectivity index (χ4v) is 1.47. The first-order valence-corrected chi connectivity index (χ1v) is 6.19. The van der Waals surface area contributed by atoms with Crippen LogP contribution in [0.5, 0.6) is 0 Å². The molecular weight excluding hydrogens is 202 g/mol. The van der Waals surface area contributed by atoms with E-state index in [2.05, 4.69) is 42.9 Å². The second-order valence-corrected chi connectivity index (χ2v) is 4.88. The monoisotopic (exact) mass is 231 g/mol. The van der Waals surface area contributed by atoms with Crippen LogP contribution in [0.4, 0.5) is 0 Å². The highest BCUT2D eigenvalue weighted by atomic mass is 16.2. The van der Waals surface area contributed by atoms with Crippen molar-refractivity contribution in [2.45, 2.75) is 12.8 Å². The van der Waals surface area contributed by atoms with Crippen molar-refractivity contribution in [1.82, 2.24) is 14.7 Å². The normalized spacial score (nSPS) is 12.0. The fraction of sp³-hybridized carbons (Fsp3) is 1.00. The zero-order valence-electron chi connectivity index (χ0n) is 11.4. The molecule has 98 valence electrons. The van der Waals surface area contributed by atoms with Gasteiger partial charge in [-0.1, -0.05) is 0 Å². The standard InChI is InChI=1S/C12H29N3O/c1-13(2)8-10-15(7-5-6-12-16)11-9-14(3)4/h16H,5-12H2,1-4H3. The van der Waals surface area contributed by atoms with Gasteiger partial charge in [-0.05, 0) is 47.6 Å². The Morgan fingerprint density at radius 1 is 0.688 bits per heavy atom. The number of hydrogen-bond donors (Lipinski definition) is 1. The van der Waals surface area contributed by atoms with Crippen molar-refractivity contribution in [3.63, 3.8) is 0 Å². The molecule has 0 saturated carbocycles. The summed E-state index contributed by atoms with van der Waals surface area (Å²) in [5.74, 6) is 0. The molecule has 0 aromatic carbocycles. The molecule has 0 aliphatic carbocycles. The SMILES string of the molecule is CN(C)CCN(CCCCO)CCN(C)C. The van der Waals surface area contributed by atoms with Crippen LogP contribution in [-0.4, -0.2) is 87.3 Å². The van der Waals surface area contributed by atoms with Gasteiger partial charge in [0, 0.05) is 32.8 Å². The second kappa shape index (κ2) is 10.0. The predicted octanol–water partition coefficient (Wildman–Crippen LogP) is 0.184. The second-order valence-electron chi connectivity index (χ2n) is 4.88. The Kier molecular flexibility index (Phi) is 9.92. The summed E-state index contributed by atoms with van der Waals surface area (Å²) in [6.07, 6.45) is 2.01. The highest BCUT2D eigenvalue weighted by Crippen LogP contribution is 1.96. The molecule has 0 saturated heterocycles. The van der Waals surface area contributed by atoms with E-state index in [4.69, 9.17) is 5.11 Å². The highest BCUT2D eigenvalue weighted by molar-refractivity contribution is 4.61. The van der Waals surface area contributed by atoms with E-state index in [9.17, 15) is 0 Å². The van der Waals surface area contributed by atoms with E-state index in [-0.39, 0.29) is 0 Å². The molecule has 0 aromatic heterocycles. The molecule has 0 radical (unpaired) electrons. The van der Waals surface area contributed by atoms with Gasteiger partial charge < -0.3 is 19.8 Å². The molecule has 4 heteroatoms. The quantitative estimate of drug-likeness (QED) is 0.544. The van der Waals surface area contributed by atoms with Crippen LogP contribution in [0.1, 0.15) is 12.8 Å². The minimum Gasteiger partial charge on any atom is -0.396 e. The van der Waals surface area contributed by atoms with Gasteiger partial charge in [-0.15, -0.1) is 0 Å². The van der Waals surface area contributed by atoms with Crippen LogP contribution in [0.15, 0.2) is 0 Å². The summed E-state index contributed by atoms with van der Waals surface area (Å²) in [7, 11) is 8.44. The molecular formula is C12H29N3O. The Morgan fingerprint density at radius 3 is 1.56 bits per heavy atom. The van der Waals surface area contributed by atoms with Crippen LogP contribution in [-0.2, 0) is 0 Å². The Hall–Kier alpha value is -0.160. The third-order valence-electron chi connectivity index (χ3n) is 2.61. The van der Waals surface area contributed by atoms with E-state index < -0.39 is 0 Å². The van der Waals surface area contributed by atoms with Crippen LogP contribution in [0.3, 0.4) is 0 Å². The molecule has 0 amide bonds. The van der Waals surface area contributed by atoms with Gasteiger partial charge in [-0.3, -0.25) is 0 Å². The molecule has 0 unspecified atom stereocenters. The maximum Gasteiger partial charge on any atom is 0.0431 e. The van der Waals surface area contributed by atoms with Gasteiger partial charge in [0.25, 0.3) is 0 Å². The smallest absolute Gasteiger partial charge is 0.0431 e. The van der Waals surface area contributed by atoms with Crippen LogP contribution < -0.4 is 0 Å². The Labute approximate surface area is 101 Å². The van der Waals surface area contributed by atoms with Crippen LogP contribution >= 0.6 is 0 Å². The van der Waals surface area contributed by atoms with Crippen LogP contribution in [0.25, 0.3) is 0 Å². The molecule has 1 N–H and O–H groups in total. The molecule has 0 bridgehead atoms. The number of hydrogen-bond acceptors (Lipinski definition) is 4. The maximum atomic E-state index is 8.78. The summed E-state index contributed by atoms with van der Waals surface area (Å²) in [6, 6.07) is 0. The van der Waals surface area contributed by atoms with Gasteiger partial charge in [-0.2, -0.15) is 0 Å². The van der Waals surface area contributed by atoms with Crippen molar-refractivity contribution < 1.29 is 5.11 Å². The molecule has 4 nitrogen and oxygen atoms in total. The van der Waals surface area contributed by atoms with Gasteiger partial charge in [0.2, 0.25) is 0 Å². The molecule has 0 aliphatic rings. The lowest BCUT2D eigenvalue weighted by atomic mass is 10.3. The van der Waals surface area contributed by atoms with Crippen molar-refractivity contribution in [2.75, 3.05) is 67.5 Å². The molecule has 0 fully saturated rings. The van der Waals surface area contributed by atoms with E-state index in [0.717, 1.165) is 45.6 Å². The molecule has 16 heavy (non-hydrogen) atoms. The van der Waals surface area contributed by atoms with E-state index in [0.29, 0.717) is 6.61 Å². The number of unbranched alkanes of at least 4 members (excludes halogenated alkanes) is 1. The van der Waals surface area contributed by atoms with Gasteiger partial charge in [-0.25, -0.2) is 0 Å².